The Labute approximate surface area is 243 Å². The van der Waals surface area contributed by atoms with E-state index in [1.807, 2.05) is 65.6 Å². The number of methoxy groups -OCH3 is 1. The summed E-state index contributed by atoms with van der Waals surface area (Å²) in [7, 11) is 1.60. The molecule has 2 atom stereocenters. The molecular formula is C31H30Cl2N2O3S. The maximum Gasteiger partial charge on any atom is 0.267 e. The molecule has 0 bridgehead atoms. The molecule has 0 radical (unpaired) electrons. The van der Waals surface area contributed by atoms with Gasteiger partial charge >= 0.3 is 0 Å². The Kier molecular flexibility index (Phi) is 8.85. The molecule has 39 heavy (non-hydrogen) atoms. The van der Waals surface area contributed by atoms with Crippen molar-refractivity contribution < 1.29 is 14.3 Å². The number of para-hydroxylation sites is 1. The largest absolute Gasteiger partial charge is 0.493 e. The highest BCUT2D eigenvalue weighted by molar-refractivity contribution is 8.18. The second-order valence-corrected chi connectivity index (χ2v) is 11.6. The fourth-order valence-electron chi connectivity index (χ4n) is 4.99. The molecule has 0 unspecified atom stereocenters. The van der Waals surface area contributed by atoms with E-state index in [4.69, 9.17) is 37.7 Å². The van der Waals surface area contributed by atoms with Crippen LogP contribution in [-0.4, -0.2) is 29.1 Å². The maximum absolute atomic E-state index is 13.8. The lowest BCUT2D eigenvalue weighted by atomic mass is 9.85. The number of aliphatic imine (C=N–C) groups is 1. The lowest BCUT2D eigenvalue weighted by Gasteiger charge is -2.35. The summed E-state index contributed by atoms with van der Waals surface area (Å²) in [6.07, 6.45) is 6.36. The number of amides is 1. The third-order valence-corrected chi connectivity index (χ3v) is 8.80. The molecule has 3 aromatic rings. The van der Waals surface area contributed by atoms with Gasteiger partial charge in [-0.05, 0) is 84.1 Å². The van der Waals surface area contributed by atoms with E-state index in [0.29, 0.717) is 39.0 Å². The smallest absolute Gasteiger partial charge is 0.267 e. The van der Waals surface area contributed by atoms with Gasteiger partial charge in [-0.3, -0.25) is 9.69 Å². The van der Waals surface area contributed by atoms with Crippen LogP contribution in [0.5, 0.6) is 11.5 Å². The molecule has 1 heterocycles. The highest BCUT2D eigenvalue weighted by Crippen LogP contribution is 2.41. The molecule has 1 amide bonds. The van der Waals surface area contributed by atoms with Gasteiger partial charge in [0.1, 0.15) is 6.61 Å². The van der Waals surface area contributed by atoms with Crippen molar-refractivity contribution in [3.05, 3.63) is 92.8 Å². The Morgan fingerprint density at radius 2 is 1.79 bits per heavy atom. The Hall–Kier alpha value is -2.93. The topological polar surface area (TPSA) is 51.1 Å². The Morgan fingerprint density at radius 3 is 2.54 bits per heavy atom. The molecule has 5 rings (SSSR count). The van der Waals surface area contributed by atoms with E-state index in [2.05, 4.69) is 6.92 Å². The molecule has 2 aliphatic rings. The number of thioether (sulfide) groups is 1. The summed E-state index contributed by atoms with van der Waals surface area (Å²) in [5.74, 6) is 1.61. The summed E-state index contributed by atoms with van der Waals surface area (Å²) < 4.78 is 11.6. The van der Waals surface area contributed by atoms with E-state index >= 15 is 0 Å². The van der Waals surface area contributed by atoms with Crippen molar-refractivity contribution in [2.75, 3.05) is 7.11 Å². The number of amidine groups is 1. The maximum atomic E-state index is 13.8. The third-order valence-electron chi connectivity index (χ3n) is 7.08. The van der Waals surface area contributed by atoms with E-state index < -0.39 is 0 Å². The van der Waals surface area contributed by atoms with E-state index in [9.17, 15) is 4.79 Å². The lowest BCUT2D eigenvalue weighted by Crippen LogP contribution is -2.44. The van der Waals surface area contributed by atoms with Crippen LogP contribution in [0.3, 0.4) is 0 Å². The number of nitrogens with zero attached hydrogens (tertiary/aromatic N) is 2. The molecule has 0 spiro atoms. The van der Waals surface area contributed by atoms with Gasteiger partial charge < -0.3 is 9.47 Å². The number of benzene rings is 3. The van der Waals surface area contributed by atoms with E-state index in [0.717, 1.165) is 41.2 Å². The molecular weight excluding hydrogens is 551 g/mol. The highest BCUT2D eigenvalue weighted by Gasteiger charge is 2.41. The first-order valence-corrected chi connectivity index (χ1v) is 14.6. The molecule has 1 aliphatic heterocycles. The van der Waals surface area contributed by atoms with E-state index in [-0.39, 0.29) is 11.9 Å². The number of hydrogen-bond acceptors (Lipinski definition) is 5. The number of ether oxygens (including phenoxy) is 2. The van der Waals surface area contributed by atoms with Crippen LogP contribution in [-0.2, 0) is 11.4 Å². The summed E-state index contributed by atoms with van der Waals surface area (Å²) in [6, 6.07) is 21.0. The van der Waals surface area contributed by atoms with Crippen molar-refractivity contribution in [2.24, 2.45) is 10.9 Å². The lowest BCUT2D eigenvalue weighted by molar-refractivity contribution is -0.124. The van der Waals surface area contributed by atoms with Crippen LogP contribution < -0.4 is 9.47 Å². The van der Waals surface area contributed by atoms with Crippen LogP contribution in [0.1, 0.15) is 43.7 Å². The quantitative estimate of drug-likeness (QED) is 0.262. The second-order valence-electron chi connectivity index (χ2n) is 9.79. The van der Waals surface area contributed by atoms with Crippen LogP contribution in [0.4, 0.5) is 5.69 Å². The molecule has 8 heteroatoms. The van der Waals surface area contributed by atoms with Crippen molar-refractivity contribution in [1.29, 1.82) is 0 Å². The second kappa shape index (κ2) is 12.5. The Morgan fingerprint density at radius 1 is 1.00 bits per heavy atom. The fourth-order valence-corrected chi connectivity index (χ4v) is 6.35. The van der Waals surface area contributed by atoms with Gasteiger partial charge in [0.2, 0.25) is 0 Å². The van der Waals surface area contributed by atoms with Gasteiger partial charge in [-0.25, -0.2) is 4.99 Å². The fraction of sp³-hybridized carbons (Fsp3) is 0.290. The van der Waals surface area contributed by atoms with Gasteiger partial charge in [-0.15, -0.1) is 0 Å². The predicted molar refractivity (Wildman–Crippen MR) is 161 cm³/mol. The highest BCUT2D eigenvalue weighted by atomic mass is 35.5. The molecule has 3 aromatic carbocycles. The van der Waals surface area contributed by atoms with Crippen molar-refractivity contribution in [3.8, 4) is 11.5 Å². The zero-order chi connectivity index (χ0) is 27.4. The predicted octanol–water partition coefficient (Wildman–Crippen LogP) is 8.76. The van der Waals surface area contributed by atoms with Crippen LogP contribution in [0.15, 0.2) is 76.6 Å². The SMILES string of the molecule is COc1cc(/C=C2\SC(=Nc3ccccc3)N([C@H]3CCCC[C@H]3C)C2=O)ccc1OCc1ccc(Cl)c(Cl)c1. The Bertz CT molecular complexity index is 1410. The van der Waals surface area contributed by atoms with E-state index in [1.54, 1.807) is 19.2 Å². The summed E-state index contributed by atoms with van der Waals surface area (Å²) in [6.45, 7) is 2.56. The summed E-state index contributed by atoms with van der Waals surface area (Å²) in [5.41, 5.74) is 2.59. The van der Waals surface area contributed by atoms with Gasteiger partial charge in [0.25, 0.3) is 5.91 Å². The van der Waals surface area contributed by atoms with Gasteiger partial charge in [0.15, 0.2) is 16.7 Å². The first kappa shape index (κ1) is 27.6. The van der Waals surface area contributed by atoms with Gasteiger partial charge in [0, 0.05) is 6.04 Å². The van der Waals surface area contributed by atoms with Crippen molar-refractivity contribution >= 4 is 57.8 Å². The van der Waals surface area contributed by atoms with Gasteiger partial charge in [-0.2, -0.15) is 0 Å². The van der Waals surface area contributed by atoms with Gasteiger partial charge in [-0.1, -0.05) is 73.3 Å². The molecule has 202 valence electrons. The molecule has 2 fully saturated rings. The molecule has 1 saturated carbocycles. The van der Waals surface area contributed by atoms with Crippen LogP contribution >= 0.6 is 35.0 Å². The minimum atomic E-state index is 0.00680. The monoisotopic (exact) mass is 580 g/mol. The average Bonchev–Trinajstić information content (AvgIpc) is 3.24. The standard InChI is InChI=1S/C31H30Cl2N2O3S/c1-20-8-6-7-11-26(20)35-30(36)29(39-31(35)34-23-9-4-3-5-10-23)18-21-13-15-27(28(17-21)37-2)38-19-22-12-14-24(32)25(33)16-22/h3-5,9-10,12-18,20,26H,6-8,11,19H2,1-2H3/b29-18-,34-31?/t20-,26+/m1/s1. The number of carbonyl (C=O) groups excluding carboxylic acids is 1. The normalized spacial score (nSPS) is 21.5. The minimum Gasteiger partial charge on any atom is -0.493 e. The number of halogens is 2. The molecule has 5 nitrogen and oxygen atoms in total. The molecule has 1 aliphatic carbocycles. The van der Waals surface area contributed by atoms with Crippen molar-refractivity contribution in [2.45, 2.75) is 45.3 Å². The van der Waals surface area contributed by atoms with Crippen LogP contribution in [0, 0.1) is 5.92 Å². The number of rotatable bonds is 7. The molecule has 0 N–H and O–H groups in total. The van der Waals surface area contributed by atoms with Crippen LogP contribution in [0.2, 0.25) is 10.0 Å². The van der Waals surface area contributed by atoms with Crippen LogP contribution in [0.25, 0.3) is 6.08 Å². The summed E-state index contributed by atoms with van der Waals surface area (Å²) in [4.78, 5) is 21.2. The molecule has 0 aromatic heterocycles. The van der Waals surface area contributed by atoms with Crippen molar-refractivity contribution in [3.63, 3.8) is 0 Å². The van der Waals surface area contributed by atoms with Gasteiger partial charge in [0.05, 0.1) is 27.7 Å². The first-order chi connectivity index (χ1) is 18.9. The zero-order valence-electron chi connectivity index (χ0n) is 21.9. The third kappa shape index (κ3) is 6.46. The summed E-state index contributed by atoms with van der Waals surface area (Å²) >= 11 is 13.6. The number of carbonyl (C=O) groups is 1. The van der Waals surface area contributed by atoms with E-state index in [1.165, 1.54) is 18.2 Å². The zero-order valence-corrected chi connectivity index (χ0v) is 24.2. The molecule has 1 saturated heterocycles. The number of hydrogen-bond donors (Lipinski definition) is 0. The Balaban J connectivity index is 1.40. The van der Waals surface area contributed by atoms with Crippen molar-refractivity contribution in [1.82, 2.24) is 4.90 Å². The minimum absolute atomic E-state index is 0.00680. The first-order valence-electron chi connectivity index (χ1n) is 13.0. The average molecular weight is 582 g/mol. The summed E-state index contributed by atoms with van der Waals surface area (Å²) in [5, 5.41) is 1.73.